The van der Waals surface area contributed by atoms with Crippen LogP contribution in [0, 0.1) is 0 Å². The number of hydrogen-bond donors (Lipinski definition) is 2. The van der Waals surface area contributed by atoms with Crippen molar-refractivity contribution < 1.29 is 14.6 Å². The van der Waals surface area contributed by atoms with E-state index in [-0.39, 0.29) is 24.7 Å². The summed E-state index contributed by atoms with van der Waals surface area (Å²) in [6, 6.07) is 6.84. The molecule has 1 atom stereocenters. The Labute approximate surface area is 108 Å². The summed E-state index contributed by atoms with van der Waals surface area (Å²) in [5.74, 6) is 0.486. The smallest absolute Gasteiger partial charge is 0.251 e. The molecular weight excluding hydrogens is 230 g/mol. The molecule has 1 rings (SSSR count). The highest BCUT2D eigenvalue weighted by molar-refractivity contribution is 5.94. The lowest BCUT2D eigenvalue weighted by molar-refractivity contribution is 0.0914. The third-order valence-electron chi connectivity index (χ3n) is 2.52. The van der Waals surface area contributed by atoms with Crippen molar-refractivity contribution in [3.8, 4) is 5.75 Å². The Morgan fingerprint density at radius 3 is 2.72 bits per heavy atom. The molecule has 100 valence electrons. The molecule has 0 aliphatic carbocycles. The first-order valence-electron chi connectivity index (χ1n) is 6.25. The summed E-state index contributed by atoms with van der Waals surface area (Å²) >= 11 is 0. The van der Waals surface area contributed by atoms with Crippen LogP contribution in [0.5, 0.6) is 5.75 Å². The zero-order valence-corrected chi connectivity index (χ0v) is 11.1. The van der Waals surface area contributed by atoms with Crippen molar-refractivity contribution >= 4 is 5.91 Å². The Morgan fingerprint density at radius 2 is 2.17 bits per heavy atom. The number of amides is 1. The van der Waals surface area contributed by atoms with Crippen molar-refractivity contribution in [1.82, 2.24) is 5.32 Å². The SMILES string of the molecule is CCC(CO)NC(=O)c1cccc(OC(C)C)c1. The molecule has 18 heavy (non-hydrogen) atoms. The monoisotopic (exact) mass is 251 g/mol. The molecule has 0 aliphatic heterocycles. The van der Waals surface area contributed by atoms with Gasteiger partial charge in [-0.05, 0) is 38.5 Å². The average Bonchev–Trinajstić information content (AvgIpc) is 2.35. The second kappa shape index (κ2) is 7.01. The van der Waals surface area contributed by atoms with E-state index in [2.05, 4.69) is 5.32 Å². The third-order valence-corrected chi connectivity index (χ3v) is 2.52. The maximum atomic E-state index is 11.9. The van der Waals surface area contributed by atoms with E-state index in [9.17, 15) is 4.79 Å². The highest BCUT2D eigenvalue weighted by atomic mass is 16.5. The second-order valence-electron chi connectivity index (χ2n) is 4.46. The van der Waals surface area contributed by atoms with E-state index in [1.54, 1.807) is 18.2 Å². The molecule has 1 aromatic carbocycles. The molecule has 0 fully saturated rings. The summed E-state index contributed by atoms with van der Waals surface area (Å²) < 4.78 is 5.53. The quantitative estimate of drug-likeness (QED) is 0.812. The molecule has 0 saturated heterocycles. The van der Waals surface area contributed by atoms with Crippen LogP contribution in [0.15, 0.2) is 24.3 Å². The lowest BCUT2D eigenvalue weighted by atomic mass is 10.1. The van der Waals surface area contributed by atoms with Crippen molar-refractivity contribution in [2.24, 2.45) is 0 Å². The summed E-state index contributed by atoms with van der Waals surface area (Å²) in [5, 5.41) is 11.8. The van der Waals surface area contributed by atoms with E-state index in [0.717, 1.165) is 0 Å². The van der Waals surface area contributed by atoms with Crippen LogP contribution < -0.4 is 10.1 Å². The molecule has 0 saturated carbocycles. The topological polar surface area (TPSA) is 58.6 Å². The standard InChI is InChI=1S/C14H21NO3/c1-4-12(9-16)15-14(17)11-6-5-7-13(8-11)18-10(2)3/h5-8,10,12,16H,4,9H2,1-3H3,(H,15,17). The number of aliphatic hydroxyl groups is 1. The number of ether oxygens (including phenoxy) is 1. The van der Waals surface area contributed by atoms with E-state index in [0.29, 0.717) is 17.7 Å². The zero-order chi connectivity index (χ0) is 13.5. The second-order valence-corrected chi connectivity index (χ2v) is 4.46. The van der Waals surface area contributed by atoms with Gasteiger partial charge in [-0.2, -0.15) is 0 Å². The Balaban J connectivity index is 2.73. The Kier molecular flexibility index (Phi) is 5.65. The lowest BCUT2D eigenvalue weighted by Crippen LogP contribution is -2.36. The molecule has 0 heterocycles. The van der Waals surface area contributed by atoms with E-state index in [1.807, 2.05) is 26.8 Å². The molecule has 0 radical (unpaired) electrons. The number of rotatable bonds is 6. The first-order valence-corrected chi connectivity index (χ1v) is 6.25. The van der Waals surface area contributed by atoms with Gasteiger partial charge >= 0.3 is 0 Å². The van der Waals surface area contributed by atoms with Crippen LogP contribution in [0.3, 0.4) is 0 Å². The van der Waals surface area contributed by atoms with Gasteiger partial charge in [0.1, 0.15) is 5.75 Å². The fourth-order valence-electron chi connectivity index (χ4n) is 1.53. The molecule has 1 aromatic rings. The first-order chi connectivity index (χ1) is 8.56. The van der Waals surface area contributed by atoms with Gasteiger partial charge in [0.15, 0.2) is 0 Å². The van der Waals surface area contributed by atoms with Gasteiger partial charge in [0, 0.05) is 5.56 Å². The van der Waals surface area contributed by atoms with E-state index >= 15 is 0 Å². The minimum Gasteiger partial charge on any atom is -0.491 e. The van der Waals surface area contributed by atoms with Crippen LogP contribution >= 0.6 is 0 Å². The van der Waals surface area contributed by atoms with Gasteiger partial charge in [-0.1, -0.05) is 13.0 Å². The predicted octanol–water partition coefficient (Wildman–Crippen LogP) is 1.97. The molecule has 2 N–H and O–H groups in total. The normalized spacial score (nSPS) is 12.3. The van der Waals surface area contributed by atoms with Crippen LogP contribution in [0.1, 0.15) is 37.6 Å². The van der Waals surface area contributed by atoms with Crippen molar-refractivity contribution in [3.63, 3.8) is 0 Å². The molecule has 0 bridgehead atoms. The Hall–Kier alpha value is -1.55. The number of nitrogens with one attached hydrogen (secondary N) is 1. The summed E-state index contributed by atoms with van der Waals surface area (Å²) in [6.07, 6.45) is 0.772. The molecule has 4 nitrogen and oxygen atoms in total. The van der Waals surface area contributed by atoms with Crippen molar-refractivity contribution in [2.75, 3.05) is 6.61 Å². The van der Waals surface area contributed by atoms with Gasteiger partial charge in [-0.25, -0.2) is 0 Å². The molecule has 1 unspecified atom stereocenters. The van der Waals surface area contributed by atoms with Crippen molar-refractivity contribution in [1.29, 1.82) is 0 Å². The van der Waals surface area contributed by atoms with Gasteiger partial charge in [0.2, 0.25) is 0 Å². The maximum absolute atomic E-state index is 11.9. The molecular formula is C14H21NO3. The van der Waals surface area contributed by atoms with Crippen LogP contribution in [-0.2, 0) is 0 Å². The number of benzene rings is 1. The number of aliphatic hydroxyl groups excluding tert-OH is 1. The van der Waals surface area contributed by atoms with Gasteiger partial charge < -0.3 is 15.2 Å². The highest BCUT2D eigenvalue weighted by Gasteiger charge is 2.12. The largest absolute Gasteiger partial charge is 0.491 e. The van der Waals surface area contributed by atoms with Crippen LogP contribution in [-0.4, -0.2) is 29.8 Å². The Morgan fingerprint density at radius 1 is 1.44 bits per heavy atom. The van der Waals surface area contributed by atoms with Gasteiger partial charge in [0.25, 0.3) is 5.91 Å². The van der Waals surface area contributed by atoms with Crippen LogP contribution in [0.2, 0.25) is 0 Å². The molecule has 1 amide bonds. The minimum atomic E-state index is -0.202. The van der Waals surface area contributed by atoms with Crippen molar-refractivity contribution in [3.05, 3.63) is 29.8 Å². The molecule has 4 heteroatoms. The van der Waals surface area contributed by atoms with Crippen molar-refractivity contribution in [2.45, 2.75) is 39.3 Å². The fraction of sp³-hybridized carbons (Fsp3) is 0.500. The van der Waals surface area contributed by atoms with Crippen LogP contribution in [0.25, 0.3) is 0 Å². The third kappa shape index (κ3) is 4.37. The number of hydrogen-bond acceptors (Lipinski definition) is 3. The molecule has 0 aliphatic rings. The highest BCUT2D eigenvalue weighted by Crippen LogP contribution is 2.15. The van der Waals surface area contributed by atoms with Crippen LogP contribution in [0.4, 0.5) is 0 Å². The predicted molar refractivity (Wildman–Crippen MR) is 70.8 cm³/mol. The van der Waals surface area contributed by atoms with Gasteiger partial charge in [0.05, 0.1) is 18.8 Å². The minimum absolute atomic E-state index is 0.0512. The summed E-state index contributed by atoms with van der Waals surface area (Å²) in [5.41, 5.74) is 0.542. The van der Waals surface area contributed by atoms with E-state index in [4.69, 9.17) is 9.84 Å². The molecule has 0 spiro atoms. The van der Waals surface area contributed by atoms with E-state index < -0.39 is 0 Å². The average molecular weight is 251 g/mol. The number of carbonyl (C=O) groups excluding carboxylic acids is 1. The summed E-state index contributed by atoms with van der Waals surface area (Å²) in [6.45, 7) is 5.74. The van der Waals surface area contributed by atoms with Gasteiger partial charge in [-0.15, -0.1) is 0 Å². The molecule has 0 aromatic heterocycles. The summed E-state index contributed by atoms with van der Waals surface area (Å²) in [4.78, 5) is 11.9. The Bertz CT molecular complexity index is 386. The lowest BCUT2D eigenvalue weighted by Gasteiger charge is -2.15. The van der Waals surface area contributed by atoms with Gasteiger partial charge in [-0.3, -0.25) is 4.79 Å². The fourth-order valence-corrected chi connectivity index (χ4v) is 1.53. The summed E-state index contributed by atoms with van der Waals surface area (Å²) in [7, 11) is 0. The van der Waals surface area contributed by atoms with E-state index in [1.165, 1.54) is 0 Å². The number of carbonyl (C=O) groups is 1. The first kappa shape index (κ1) is 14.5. The zero-order valence-electron chi connectivity index (χ0n) is 11.1. The maximum Gasteiger partial charge on any atom is 0.251 e.